The molecule has 2 aromatic heterocycles. The Morgan fingerprint density at radius 3 is 2.70 bits per heavy atom. The highest BCUT2D eigenvalue weighted by Crippen LogP contribution is 2.24. The summed E-state index contributed by atoms with van der Waals surface area (Å²) in [6.07, 6.45) is 5.86. The molecular formula is C17H21N3. The number of nitrogens with zero attached hydrogens (tertiary/aromatic N) is 3. The van der Waals surface area contributed by atoms with Gasteiger partial charge in [0.05, 0.1) is 11.4 Å². The minimum atomic E-state index is 0.825. The molecule has 0 radical (unpaired) electrons. The molecule has 0 atom stereocenters. The van der Waals surface area contributed by atoms with Crippen LogP contribution in [-0.2, 0) is 6.54 Å². The molecule has 0 bridgehead atoms. The predicted molar refractivity (Wildman–Crippen MR) is 84.5 cm³/mol. The van der Waals surface area contributed by atoms with Crippen LogP contribution in [0, 0.1) is 13.8 Å². The monoisotopic (exact) mass is 267 g/mol. The van der Waals surface area contributed by atoms with Crippen LogP contribution in [-0.4, -0.2) is 14.8 Å². The second-order valence-electron chi connectivity index (χ2n) is 4.88. The molecule has 0 fully saturated rings. The number of pyridine rings is 1. The van der Waals surface area contributed by atoms with Crippen molar-refractivity contribution in [2.24, 2.45) is 0 Å². The molecule has 0 spiro atoms. The fourth-order valence-corrected chi connectivity index (χ4v) is 2.12. The van der Waals surface area contributed by atoms with Crippen LogP contribution in [0.2, 0.25) is 0 Å². The van der Waals surface area contributed by atoms with Gasteiger partial charge < -0.3 is 0 Å². The zero-order chi connectivity index (χ0) is 14.7. The Bertz CT molecular complexity index is 663. The second-order valence-corrected chi connectivity index (χ2v) is 4.88. The highest BCUT2D eigenvalue weighted by Gasteiger charge is 2.11. The van der Waals surface area contributed by atoms with E-state index in [1.807, 2.05) is 36.9 Å². The van der Waals surface area contributed by atoms with E-state index in [0.29, 0.717) is 0 Å². The average Bonchev–Trinajstić information content (AvgIpc) is 2.86. The van der Waals surface area contributed by atoms with Crippen LogP contribution >= 0.6 is 0 Å². The lowest BCUT2D eigenvalue weighted by atomic mass is 10.1. The van der Waals surface area contributed by atoms with Gasteiger partial charge in [0.2, 0.25) is 0 Å². The van der Waals surface area contributed by atoms with Gasteiger partial charge in [0.25, 0.3) is 0 Å². The molecule has 0 N–H and O–H groups in total. The first kappa shape index (κ1) is 14.3. The van der Waals surface area contributed by atoms with Crippen LogP contribution in [0.4, 0.5) is 0 Å². The lowest BCUT2D eigenvalue weighted by Gasteiger charge is -2.06. The summed E-state index contributed by atoms with van der Waals surface area (Å²) in [7, 11) is 0. The lowest BCUT2D eigenvalue weighted by Crippen LogP contribution is -2.00. The van der Waals surface area contributed by atoms with Gasteiger partial charge in [-0.3, -0.25) is 9.67 Å². The average molecular weight is 267 g/mol. The Balaban J connectivity index is 2.50. The molecular weight excluding hydrogens is 246 g/mol. The third-order valence-corrected chi connectivity index (χ3v) is 3.41. The van der Waals surface area contributed by atoms with Gasteiger partial charge in [-0.05, 0) is 51.0 Å². The van der Waals surface area contributed by atoms with E-state index in [0.717, 1.165) is 34.8 Å². The fourth-order valence-electron chi connectivity index (χ4n) is 2.12. The van der Waals surface area contributed by atoms with E-state index in [9.17, 15) is 0 Å². The molecule has 0 saturated heterocycles. The fraction of sp³-hybridized carbons (Fsp3) is 0.294. The number of aryl methyl sites for hydroxylation is 3. The first-order valence-electron chi connectivity index (χ1n) is 6.90. The van der Waals surface area contributed by atoms with Crippen LogP contribution in [0.3, 0.4) is 0 Å². The topological polar surface area (TPSA) is 30.7 Å². The molecule has 2 heterocycles. The van der Waals surface area contributed by atoms with Gasteiger partial charge in [-0.15, -0.1) is 0 Å². The molecule has 0 aliphatic rings. The summed E-state index contributed by atoms with van der Waals surface area (Å²) in [5, 5.41) is 4.61. The minimum absolute atomic E-state index is 0.825. The third kappa shape index (κ3) is 2.72. The quantitative estimate of drug-likeness (QED) is 0.778. The van der Waals surface area contributed by atoms with Gasteiger partial charge >= 0.3 is 0 Å². The summed E-state index contributed by atoms with van der Waals surface area (Å²) in [4.78, 5) is 4.44. The molecule has 0 unspecified atom stereocenters. The van der Waals surface area contributed by atoms with Gasteiger partial charge in [0, 0.05) is 24.0 Å². The van der Waals surface area contributed by atoms with Crippen molar-refractivity contribution >= 4 is 5.57 Å². The van der Waals surface area contributed by atoms with Crippen molar-refractivity contribution in [3.8, 4) is 11.3 Å². The van der Waals surface area contributed by atoms with E-state index in [4.69, 9.17) is 0 Å². The molecule has 0 saturated carbocycles. The van der Waals surface area contributed by atoms with Crippen LogP contribution in [0.5, 0.6) is 0 Å². The standard InChI is InChI=1S/C17H21N3/c1-6-8-12(3)16-10-17(20(7-2)19-16)15-9-13(4)14(5)18-11-15/h6,8-11H,3,7H2,1-2,4-5H3/b8-6-. The Kier molecular flexibility index (Phi) is 4.18. The number of allylic oxidation sites excluding steroid dienone is 3. The van der Waals surface area contributed by atoms with E-state index in [-0.39, 0.29) is 0 Å². The second kappa shape index (κ2) is 5.87. The lowest BCUT2D eigenvalue weighted by molar-refractivity contribution is 0.664. The van der Waals surface area contributed by atoms with Crippen molar-refractivity contribution in [1.82, 2.24) is 14.8 Å². The van der Waals surface area contributed by atoms with Crippen molar-refractivity contribution in [1.29, 1.82) is 0 Å². The van der Waals surface area contributed by atoms with Gasteiger partial charge in [0.1, 0.15) is 0 Å². The zero-order valence-electron chi connectivity index (χ0n) is 12.6. The maximum Gasteiger partial charge on any atom is 0.0923 e. The normalized spacial score (nSPS) is 11.2. The predicted octanol–water partition coefficient (Wildman–Crippen LogP) is 4.17. The molecule has 0 aliphatic heterocycles. The molecule has 0 aliphatic carbocycles. The third-order valence-electron chi connectivity index (χ3n) is 3.41. The van der Waals surface area contributed by atoms with Gasteiger partial charge in [-0.2, -0.15) is 5.10 Å². The molecule has 0 amide bonds. The highest BCUT2D eigenvalue weighted by molar-refractivity contribution is 5.73. The first-order valence-corrected chi connectivity index (χ1v) is 6.90. The van der Waals surface area contributed by atoms with Gasteiger partial charge in [-0.25, -0.2) is 0 Å². The van der Waals surface area contributed by atoms with E-state index in [1.54, 1.807) is 0 Å². The Labute approximate surface area is 120 Å². The molecule has 2 rings (SSSR count). The van der Waals surface area contributed by atoms with Crippen molar-refractivity contribution in [2.75, 3.05) is 0 Å². The smallest absolute Gasteiger partial charge is 0.0923 e. The molecule has 20 heavy (non-hydrogen) atoms. The molecule has 0 aromatic carbocycles. The number of hydrogen-bond acceptors (Lipinski definition) is 2. The first-order chi connectivity index (χ1) is 9.56. The van der Waals surface area contributed by atoms with Gasteiger partial charge in [-0.1, -0.05) is 18.7 Å². The summed E-state index contributed by atoms with van der Waals surface area (Å²) in [5.41, 5.74) is 6.29. The van der Waals surface area contributed by atoms with E-state index >= 15 is 0 Å². The van der Waals surface area contributed by atoms with Crippen LogP contribution in [0.15, 0.2) is 37.1 Å². The summed E-state index contributed by atoms with van der Waals surface area (Å²) in [6.45, 7) is 13.1. The summed E-state index contributed by atoms with van der Waals surface area (Å²) in [6, 6.07) is 4.24. The van der Waals surface area contributed by atoms with Crippen molar-refractivity contribution < 1.29 is 0 Å². The van der Waals surface area contributed by atoms with Gasteiger partial charge in [0.15, 0.2) is 0 Å². The van der Waals surface area contributed by atoms with Crippen molar-refractivity contribution in [3.05, 3.63) is 54.0 Å². The summed E-state index contributed by atoms with van der Waals surface area (Å²) in [5.74, 6) is 0. The van der Waals surface area contributed by atoms with E-state index in [2.05, 4.69) is 42.6 Å². The largest absolute Gasteiger partial charge is 0.264 e. The van der Waals surface area contributed by atoms with Crippen LogP contribution in [0.1, 0.15) is 30.8 Å². The van der Waals surface area contributed by atoms with E-state index < -0.39 is 0 Å². The Morgan fingerprint density at radius 1 is 1.35 bits per heavy atom. The number of hydrogen-bond donors (Lipinski definition) is 0. The van der Waals surface area contributed by atoms with Crippen LogP contribution < -0.4 is 0 Å². The Hall–Kier alpha value is -2.16. The summed E-state index contributed by atoms with van der Waals surface area (Å²) >= 11 is 0. The maximum absolute atomic E-state index is 4.61. The number of aromatic nitrogens is 3. The summed E-state index contributed by atoms with van der Waals surface area (Å²) < 4.78 is 2.00. The minimum Gasteiger partial charge on any atom is -0.264 e. The maximum atomic E-state index is 4.61. The SMILES string of the molecule is C=C(/C=C\C)c1cc(-c2cnc(C)c(C)c2)n(CC)n1. The molecule has 3 heteroatoms. The van der Waals surface area contributed by atoms with E-state index in [1.165, 1.54) is 5.56 Å². The highest BCUT2D eigenvalue weighted by atomic mass is 15.3. The number of rotatable bonds is 4. The van der Waals surface area contributed by atoms with Crippen molar-refractivity contribution in [3.63, 3.8) is 0 Å². The van der Waals surface area contributed by atoms with Crippen LogP contribution in [0.25, 0.3) is 16.8 Å². The Morgan fingerprint density at radius 2 is 2.10 bits per heavy atom. The molecule has 2 aromatic rings. The molecule has 104 valence electrons. The zero-order valence-corrected chi connectivity index (χ0v) is 12.6. The van der Waals surface area contributed by atoms with Crippen molar-refractivity contribution in [2.45, 2.75) is 34.2 Å². The molecule has 3 nitrogen and oxygen atoms in total.